The first-order valence-corrected chi connectivity index (χ1v) is 6.17. The van der Waals surface area contributed by atoms with Crippen LogP contribution in [-0.4, -0.2) is 5.78 Å². The van der Waals surface area contributed by atoms with E-state index < -0.39 is 0 Å². The highest BCUT2D eigenvalue weighted by atomic mass is 16.1. The standard InChI is InChI=1S/C17H14O/c1-12-15-8-4-2-6-13(15)10-11-14-7-3-5-9-16(14)17(12)18/h3-11H,2H2,1H3/b11-10-,15-12-. The van der Waals surface area contributed by atoms with E-state index in [1.807, 2.05) is 37.3 Å². The Bertz CT molecular complexity index is 639. The van der Waals surface area contributed by atoms with Gasteiger partial charge in [-0.15, -0.1) is 0 Å². The van der Waals surface area contributed by atoms with Crippen molar-refractivity contribution in [2.24, 2.45) is 0 Å². The van der Waals surface area contributed by atoms with Crippen molar-refractivity contribution < 1.29 is 4.79 Å². The Morgan fingerprint density at radius 1 is 1.06 bits per heavy atom. The van der Waals surface area contributed by atoms with Crippen LogP contribution in [0, 0.1) is 0 Å². The second-order valence-electron chi connectivity index (χ2n) is 4.59. The van der Waals surface area contributed by atoms with Gasteiger partial charge in [-0.05, 0) is 30.1 Å². The lowest BCUT2D eigenvalue weighted by Crippen LogP contribution is -2.08. The fraction of sp³-hybridized carbons (Fsp3) is 0.118. The topological polar surface area (TPSA) is 17.1 Å². The monoisotopic (exact) mass is 234 g/mol. The summed E-state index contributed by atoms with van der Waals surface area (Å²) >= 11 is 0. The summed E-state index contributed by atoms with van der Waals surface area (Å²) in [6.45, 7) is 1.91. The Morgan fingerprint density at radius 3 is 2.78 bits per heavy atom. The molecule has 0 bridgehead atoms. The van der Waals surface area contributed by atoms with Crippen LogP contribution in [0.15, 0.2) is 65.3 Å². The van der Waals surface area contributed by atoms with Crippen molar-refractivity contribution in [2.75, 3.05) is 0 Å². The van der Waals surface area contributed by atoms with E-state index in [0.717, 1.165) is 34.3 Å². The number of allylic oxidation sites excluding steroid dienone is 7. The fourth-order valence-electron chi connectivity index (χ4n) is 2.44. The van der Waals surface area contributed by atoms with Gasteiger partial charge in [0, 0.05) is 11.1 Å². The highest BCUT2D eigenvalue weighted by Gasteiger charge is 2.18. The molecule has 1 heteroatoms. The summed E-state index contributed by atoms with van der Waals surface area (Å²) in [7, 11) is 0. The number of benzene rings is 1. The molecule has 1 aromatic carbocycles. The maximum absolute atomic E-state index is 12.5. The van der Waals surface area contributed by atoms with Crippen molar-refractivity contribution in [3.8, 4) is 0 Å². The Balaban J connectivity index is 2.26. The lowest BCUT2D eigenvalue weighted by atomic mass is 9.87. The van der Waals surface area contributed by atoms with Crippen LogP contribution in [0.25, 0.3) is 6.08 Å². The maximum Gasteiger partial charge on any atom is 0.189 e. The summed E-state index contributed by atoms with van der Waals surface area (Å²) in [5, 5.41) is 0. The highest BCUT2D eigenvalue weighted by molar-refractivity contribution is 6.12. The van der Waals surface area contributed by atoms with Crippen LogP contribution >= 0.6 is 0 Å². The SMILES string of the molecule is C/C1=C2\C=CCC=C2/C=C\c2ccccc2C1=O. The third-order valence-electron chi connectivity index (χ3n) is 3.46. The van der Waals surface area contributed by atoms with Crippen LogP contribution in [-0.2, 0) is 0 Å². The Morgan fingerprint density at radius 2 is 1.89 bits per heavy atom. The third-order valence-corrected chi connectivity index (χ3v) is 3.46. The average molecular weight is 234 g/mol. The van der Waals surface area contributed by atoms with Crippen LogP contribution in [0.5, 0.6) is 0 Å². The van der Waals surface area contributed by atoms with Gasteiger partial charge in [0.2, 0.25) is 0 Å². The fourth-order valence-corrected chi connectivity index (χ4v) is 2.44. The van der Waals surface area contributed by atoms with Crippen molar-refractivity contribution in [1.82, 2.24) is 0 Å². The Hall–Kier alpha value is -2.15. The molecule has 0 aliphatic heterocycles. The quantitative estimate of drug-likeness (QED) is 0.660. The molecule has 0 atom stereocenters. The highest BCUT2D eigenvalue weighted by Crippen LogP contribution is 2.29. The van der Waals surface area contributed by atoms with Gasteiger partial charge >= 0.3 is 0 Å². The van der Waals surface area contributed by atoms with Gasteiger partial charge < -0.3 is 0 Å². The number of carbonyl (C=O) groups is 1. The van der Waals surface area contributed by atoms with E-state index >= 15 is 0 Å². The molecule has 0 aromatic heterocycles. The van der Waals surface area contributed by atoms with Crippen molar-refractivity contribution in [3.63, 3.8) is 0 Å². The number of hydrogen-bond donors (Lipinski definition) is 0. The van der Waals surface area contributed by atoms with Gasteiger partial charge in [-0.2, -0.15) is 0 Å². The molecular weight excluding hydrogens is 220 g/mol. The number of fused-ring (bicyclic) bond motifs is 2. The van der Waals surface area contributed by atoms with Crippen molar-refractivity contribution >= 4 is 11.9 Å². The molecule has 0 fully saturated rings. The first-order valence-electron chi connectivity index (χ1n) is 6.17. The van der Waals surface area contributed by atoms with Gasteiger partial charge in [-0.25, -0.2) is 0 Å². The summed E-state index contributed by atoms with van der Waals surface area (Å²) in [6, 6.07) is 7.76. The predicted molar refractivity (Wildman–Crippen MR) is 74.3 cm³/mol. The first kappa shape index (κ1) is 11.0. The second-order valence-corrected chi connectivity index (χ2v) is 4.59. The minimum Gasteiger partial charge on any atom is -0.289 e. The summed E-state index contributed by atoms with van der Waals surface area (Å²) in [4.78, 5) is 12.5. The van der Waals surface area contributed by atoms with Crippen LogP contribution in [0.1, 0.15) is 29.3 Å². The molecule has 0 saturated heterocycles. The summed E-state index contributed by atoms with van der Waals surface area (Å²) < 4.78 is 0. The molecule has 0 amide bonds. The minimum absolute atomic E-state index is 0.127. The number of Topliss-reactive ketones (excluding diaryl/α,β-unsaturated/α-hetero) is 1. The Kier molecular flexibility index (Phi) is 2.60. The van der Waals surface area contributed by atoms with Gasteiger partial charge in [0.1, 0.15) is 0 Å². The molecule has 1 aromatic rings. The smallest absolute Gasteiger partial charge is 0.189 e. The van der Waals surface area contributed by atoms with Crippen LogP contribution in [0.3, 0.4) is 0 Å². The molecule has 18 heavy (non-hydrogen) atoms. The second kappa shape index (κ2) is 4.26. The van der Waals surface area contributed by atoms with Gasteiger partial charge in [-0.3, -0.25) is 4.79 Å². The first-order chi connectivity index (χ1) is 8.77. The molecule has 0 saturated carbocycles. The van der Waals surface area contributed by atoms with E-state index in [4.69, 9.17) is 0 Å². The molecule has 0 unspecified atom stereocenters. The lowest BCUT2D eigenvalue weighted by molar-refractivity contribution is 0.103. The molecule has 0 heterocycles. The predicted octanol–water partition coefficient (Wildman–Crippen LogP) is 4.10. The zero-order valence-electron chi connectivity index (χ0n) is 10.3. The molecule has 2 aliphatic rings. The average Bonchev–Trinajstić information content (AvgIpc) is 2.43. The number of ketones is 1. The number of carbonyl (C=O) groups excluding carboxylic acids is 1. The summed E-state index contributed by atoms with van der Waals surface area (Å²) in [6.07, 6.45) is 11.4. The van der Waals surface area contributed by atoms with Gasteiger partial charge in [0.15, 0.2) is 5.78 Å². The molecule has 2 aliphatic carbocycles. The minimum atomic E-state index is 0.127. The molecule has 88 valence electrons. The van der Waals surface area contributed by atoms with E-state index in [1.165, 1.54) is 0 Å². The van der Waals surface area contributed by atoms with Crippen LogP contribution in [0.4, 0.5) is 0 Å². The van der Waals surface area contributed by atoms with Gasteiger partial charge in [-0.1, -0.05) is 54.6 Å². The van der Waals surface area contributed by atoms with Crippen LogP contribution < -0.4 is 0 Å². The largest absolute Gasteiger partial charge is 0.289 e. The van der Waals surface area contributed by atoms with Crippen molar-refractivity contribution in [3.05, 3.63) is 76.4 Å². The zero-order valence-corrected chi connectivity index (χ0v) is 10.3. The Labute approximate surface area is 107 Å². The maximum atomic E-state index is 12.5. The molecule has 1 nitrogen and oxygen atoms in total. The normalized spacial score (nSPS) is 23.6. The van der Waals surface area contributed by atoms with E-state index in [1.54, 1.807) is 0 Å². The van der Waals surface area contributed by atoms with E-state index in [-0.39, 0.29) is 5.78 Å². The van der Waals surface area contributed by atoms with Crippen LogP contribution in [0.2, 0.25) is 0 Å². The molecule has 0 spiro atoms. The third kappa shape index (κ3) is 1.68. The summed E-state index contributed by atoms with van der Waals surface area (Å²) in [5.41, 5.74) is 4.82. The zero-order chi connectivity index (χ0) is 12.5. The number of hydrogen-bond acceptors (Lipinski definition) is 1. The lowest BCUT2D eigenvalue weighted by Gasteiger charge is -2.16. The molecule has 3 rings (SSSR count). The molecular formula is C17H14O. The van der Waals surface area contributed by atoms with Crippen molar-refractivity contribution in [1.29, 1.82) is 0 Å². The van der Waals surface area contributed by atoms with Gasteiger partial charge in [0.25, 0.3) is 0 Å². The molecule has 0 N–H and O–H groups in total. The van der Waals surface area contributed by atoms with Crippen molar-refractivity contribution in [2.45, 2.75) is 13.3 Å². The van der Waals surface area contributed by atoms with E-state index in [2.05, 4.69) is 24.3 Å². The summed E-state index contributed by atoms with van der Waals surface area (Å²) in [5.74, 6) is 0.127. The number of rotatable bonds is 0. The van der Waals surface area contributed by atoms with Gasteiger partial charge in [0.05, 0.1) is 0 Å². The van der Waals surface area contributed by atoms with E-state index in [9.17, 15) is 4.79 Å². The molecule has 0 radical (unpaired) electrons. The van der Waals surface area contributed by atoms with E-state index in [0.29, 0.717) is 0 Å².